The number of rotatable bonds is 9. The molecule has 1 amide bonds. The molecule has 1 aromatic heterocycles. The predicted molar refractivity (Wildman–Crippen MR) is 490 cm³/mol. The van der Waals surface area contributed by atoms with Gasteiger partial charge in [-0.15, -0.1) is 0 Å². The Labute approximate surface area is 733 Å². The molecule has 8 rings (SSSR count). The minimum atomic E-state index is -4.13. The number of sulfonamides is 1. The Hall–Kier alpha value is -4.49. The van der Waals surface area contributed by atoms with Crippen LogP contribution in [0.3, 0.4) is 0 Å². The zero-order chi connectivity index (χ0) is 93.9. The molecule has 0 bridgehead atoms. The number of ether oxygens (including phenoxy) is 4. The smallest absolute Gasteiger partial charge is 0.404 e. The van der Waals surface area contributed by atoms with Crippen LogP contribution in [0.2, 0.25) is 0 Å². The van der Waals surface area contributed by atoms with Gasteiger partial charge in [-0.2, -0.15) is 18.3 Å². The van der Waals surface area contributed by atoms with E-state index in [4.69, 9.17) is 19.3 Å². The Morgan fingerprint density at radius 1 is 0.563 bits per heavy atom. The second kappa shape index (κ2) is 51.8. The van der Waals surface area contributed by atoms with Crippen LogP contribution in [-0.4, -0.2) is 184 Å². The highest BCUT2D eigenvalue weighted by atomic mass is 79.9. The number of ketones is 1. The van der Waals surface area contributed by atoms with Crippen molar-refractivity contribution < 1.29 is 74.4 Å². The molecule has 0 radical (unpaired) electrons. The van der Waals surface area contributed by atoms with E-state index in [1.54, 1.807) is 77.1 Å². The van der Waals surface area contributed by atoms with Crippen LogP contribution in [0.15, 0.2) is 30.3 Å². The van der Waals surface area contributed by atoms with E-state index in [-0.39, 0.29) is 56.6 Å². The average Bonchev–Trinajstić information content (AvgIpc) is 1.54. The van der Waals surface area contributed by atoms with Crippen LogP contribution < -0.4 is 0 Å². The van der Waals surface area contributed by atoms with Crippen molar-refractivity contribution in [2.75, 3.05) is 71.9 Å². The van der Waals surface area contributed by atoms with Crippen LogP contribution >= 0.6 is 15.9 Å². The number of aliphatic carboxylic acids is 1. The molecule has 2 aliphatic carbocycles. The topological polar surface area (TPSA) is 235 Å². The first-order valence-corrected chi connectivity index (χ1v) is 46.7. The van der Waals surface area contributed by atoms with Crippen molar-refractivity contribution in [3.63, 3.8) is 0 Å². The van der Waals surface area contributed by atoms with Crippen molar-refractivity contribution in [3.8, 4) is 0 Å². The maximum atomic E-state index is 13.1. The Morgan fingerprint density at radius 2 is 1.01 bits per heavy atom. The summed E-state index contributed by atoms with van der Waals surface area (Å²) in [5.74, 6) is 2.95. The Kier molecular flexibility index (Phi) is 51.7. The molecule has 6 aliphatic rings. The van der Waals surface area contributed by atoms with E-state index in [1.807, 2.05) is 107 Å². The summed E-state index contributed by atoms with van der Waals surface area (Å²) in [6, 6.07) is 9.45. The number of nitrogens with one attached hydrogen (secondary N) is 1. The summed E-state index contributed by atoms with van der Waals surface area (Å²) >= 11 is 2.94. The highest BCUT2D eigenvalue weighted by Crippen LogP contribution is 2.41. The standard InChI is InChI=1S/C14H21N.C12H22F3N.C12H18N2O.C10H21NO2S.C10H19NO.C9H18O2.C9H18O.C7H14O2.C6H12O2.C5H10O2.CH3Br/c1-14(2,3)11-15-9-8-12-6-4-5-7-13(12)10-15;1-9-5-7-16(8-6-9)10(11(2,3)4)12(13,14)15;1-12(2,3)7-11(15)10-6-9(13-14-10)8-4-5-8;1-9-5-7-11(8-6-9)14(12,13)10(2,3)4;1-10(2,3)8-11-7-5-4-6-9(11)12;1-8(2,3)7(10)11-9(4,5)6;1-9(2,3)10-8-6-4-5-7-8;1-5-9-6(8)7(2,3)4;1-6(2,3)5(7)8-4;1-5(2,3)4(6)7;1-2/h4-7H,8-11H2,1-3H3;9-10H,5-8H2,1-4H3;6,8H,4-5,7H2,1-3H3,(H,13,14);9H,5-8H2,1-4H3;4-8H2,1-3H3;1-6H3;8H,4-7H2,1-3H3;5H2,1-4H3;1-4H3;1-3H3,(H,6,7);1H3. The van der Waals surface area contributed by atoms with Gasteiger partial charge in [0.15, 0.2) is 5.78 Å². The van der Waals surface area contributed by atoms with Gasteiger partial charge in [-0.3, -0.25) is 43.7 Å². The zero-order valence-electron chi connectivity index (χ0n) is 82.5. The number of likely N-dealkylation sites (tertiary alicyclic amines) is 2. The van der Waals surface area contributed by atoms with E-state index in [1.165, 1.54) is 77.1 Å². The normalized spacial score (nSPS) is 17.5. The Bertz CT molecular complexity index is 3320. The molecule has 698 valence electrons. The van der Waals surface area contributed by atoms with E-state index in [0.29, 0.717) is 80.1 Å². The molecule has 0 spiro atoms. The third-order valence-corrected chi connectivity index (χ3v) is 21.5. The number of alkyl halides is 4. The number of methoxy groups -OCH3 is 1. The summed E-state index contributed by atoms with van der Waals surface area (Å²) in [4.78, 5) is 72.2. The number of hydrogen-bond donors (Lipinski definition) is 2. The first kappa shape index (κ1) is 119. The van der Waals surface area contributed by atoms with Crippen LogP contribution in [0.25, 0.3) is 0 Å². The third-order valence-electron chi connectivity index (χ3n) is 18.9. The lowest BCUT2D eigenvalue weighted by Crippen LogP contribution is -2.55. The number of aromatic amines is 1. The molecular weight excluding hydrogens is 1600 g/mol. The highest BCUT2D eigenvalue weighted by Gasteiger charge is 2.50. The fourth-order valence-electron chi connectivity index (χ4n) is 12.4. The largest absolute Gasteiger partial charge is 0.481 e. The van der Waals surface area contributed by atoms with Crippen LogP contribution in [0.4, 0.5) is 13.2 Å². The minimum Gasteiger partial charge on any atom is -0.481 e. The minimum absolute atomic E-state index is 0.0375. The summed E-state index contributed by atoms with van der Waals surface area (Å²) in [5.41, 5.74) is 2.75. The number of hydrogen-bond acceptors (Lipinski definition) is 15. The lowest BCUT2D eigenvalue weighted by atomic mass is 9.83. The number of carboxylic acids is 1. The van der Waals surface area contributed by atoms with Gasteiger partial charge in [0.1, 0.15) is 17.3 Å². The lowest BCUT2D eigenvalue weighted by molar-refractivity contribution is -0.212. The number of aromatic nitrogens is 2. The van der Waals surface area contributed by atoms with E-state index in [2.05, 4.69) is 157 Å². The van der Waals surface area contributed by atoms with Gasteiger partial charge >= 0.3 is 30.1 Å². The molecule has 5 heterocycles. The second-order valence-electron chi connectivity index (χ2n) is 44.6. The number of carbonyl (C=O) groups is 6. The summed E-state index contributed by atoms with van der Waals surface area (Å²) in [7, 11) is -1.69. The maximum absolute atomic E-state index is 13.1. The van der Waals surface area contributed by atoms with E-state index in [0.717, 1.165) is 63.9 Å². The number of H-pyrrole nitrogens is 1. The number of amides is 1. The van der Waals surface area contributed by atoms with E-state index < -0.39 is 49.2 Å². The molecule has 119 heavy (non-hydrogen) atoms. The van der Waals surface area contributed by atoms with Crippen LogP contribution in [0.5, 0.6) is 0 Å². The highest BCUT2D eigenvalue weighted by molar-refractivity contribution is 9.08. The van der Waals surface area contributed by atoms with Crippen molar-refractivity contribution >= 4 is 61.5 Å². The number of benzene rings is 1. The van der Waals surface area contributed by atoms with Gasteiger partial charge < -0.3 is 29.0 Å². The molecule has 2 aromatic rings. The lowest BCUT2D eigenvalue weighted by Gasteiger charge is -2.43. The van der Waals surface area contributed by atoms with Crippen molar-refractivity contribution in [1.82, 2.24) is 29.2 Å². The monoisotopic (exact) mass is 1780 g/mol. The van der Waals surface area contributed by atoms with Crippen molar-refractivity contribution in [3.05, 3.63) is 52.8 Å². The van der Waals surface area contributed by atoms with Crippen LogP contribution in [0.1, 0.15) is 372 Å². The number of nitrogens with zero attached hydrogens (tertiary/aromatic N) is 5. The number of halogens is 4. The van der Waals surface area contributed by atoms with Gasteiger partial charge in [0.25, 0.3) is 0 Å². The van der Waals surface area contributed by atoms with Gasteiger partial charge in [0.05, 0.1) is 51.8 Å². The average molecular weight is 1780 g/mol. The van der Waals surface area contributed by atoms with Crippen LogP contribution in [0, 0.1) is 55.2 Å². The zero-order valence-corrected chi connectivity index (χ0v) is 84.9. The Balaban J connectivity index is -0.00000127. The number of carboxylic acid groups (broad SMARTS) is 1. The molecule has 3 saturated heterocycles. The van der Waals surface area contributed by atoms with Crippen molar-refractivity contribution in [2.45, 2.75) is 392 Å². The molecule has 1 unspecified atom stereocenters. The molecular formula is C95H176BrF3N6O13S. The van der Waals surface area contributed by atoms with Gasteiger partial charge in [-0.05, 0) is 293 Å². The molecule has 19 nitrogen and oxygen atoms in total. The molecule has 1 aromatic carbocycles. The van der Waals surface area contributed by atoms with Crippen LogP contribution in [-0.2, 0) is 65.9 Å². The molecule has 1 atom stereocenters. The fraction of sp³-hybridized carbons (Fsp3) is 0.842. The third kappa shape index (κ3) is 56.2. The summed E-state index contributed by atoms with van der Waals surface area (Å²) < 4.78 is 84.4. The quantitative estimate of drug-likeness (QED) is 0.103. The second-order valence-corrected chi connectivity index (χ2v) is 47.3. The van der Waals surface area contributed by atoms with Gasteiger partial charge in [-0.1, -0.05) is 150 Å². The number of carbonyl (C=O) groups excluding carboxylic acids is 5. The van der Waals surface area contributed by atoms with Gasteiger partial charge in [-0.25, -0.2) is 12.7 Å². The number of esters is 3. The Morgan fingerprint density at radius 3 is 1.34 bits per heavy atom. The van der Waals surface area contributed by atoms with Crippen molar-refractivity contribution in [1.29, 1.82) is 0 Å². The van der Waals surface area contributed by atoms with Gasteiger partial charge in [0.2, 0.25) is 15.9 Å². The number of fused-ring (bicyclic) bond motifs is 1. The summed E-state index contributed by atoms with van der Waals surface area (Å²) in [5, 5.41) is 15.3. The molecule has 24 heteroatoms. The fourth-order valence-corrected chi connectivity index (χ4v) is 13.8. The molecule has 4 aliphatic heterocycles. The molecule has 5 fully saturated rings. The molecule has 2 N–H and O–H groups in total. The van der Waals surface area contributed by atoms with Crippen molar-refractivity contribution in [2.24, 2.45) is 55.2 Å². The summed E-state index contributed by atoms with van der Waals surface area (Å²) in [6.07, 6.45) is 12.7. The SMILES string of the molecule is CBr.CC(C)(C)C(=O)O.CC(C)(C)CC(=O)c1cc(C2CC2)[nH]n1.CC(C)(C)CN1CCCCC1=O.CC(C)(C)CN1CCc2ccccc2C1.CC(C)(C)OC(=O)C(C)(C)C.CC(C)(C)OC1CCCC1.CC1CCN(C(C(C)(C)C)C(F)(F)F)CC1.CC1CCN(S(=O)(=O)C(C)(C)C)CC1.CCOC(=O)C(C)(C)C.COC(=O)C(C)(C)C. The predicted octanol–water partition coefficient (Wildman–Crippen LogP) is 23.6. The maximum Gasteiger partial charge on any atom is 0.404 e. The first-order valence-electron chi connectivity index (χ1n) is 43.7. The van der Waals surface area contributed by atoms with E-state index in [9.17, 15) is 50.4 Å². The van der Waals surface area contributed by atoms with E-state index >= 15 is 0 Å². The first-order chi connectivity index (χ1) is 53.5. The van der Waals surface area contributed by atoms with Gasteiger partial charge in [0, 0.05) is 70.3 Å². The molecule has 2 saturated carbocycles. The summed E-state index contributed by atoms with van der Waals surface area (Å²) in [6.45, 7) is 78.0. The number of piperidine rings is 3. The number of Topliss-reactive ketones (excluding diaryl/α,β-unsaturated/α-hetero) is 1.